The Bertz CT molecular complexity index is 947. The van der Waals surface area contributed by atoms with Crippen molar-refractivity contribution < 1.29 is 19.1 Å². The molecule has 26 heavy (non-hydrogen) atoms. The molecule has 2 amide bonds. The smallest absolute Gasteiger partial charge is 0.338 e. The molecule has 1 fully saturated rings. The van der Waals surface area contributed by atoms with Crippen LogP contribution in [0.3, 0.4) is 0 Å². The Morgan fingerprint density at radius 2 is 1.81 bits per heavy atom. The molecule has 0 atom stereocenters. The lowest BCUT2D eigenvalue weighted by Gasteiger charge is -2.16. The van der Waals surface area contributed by atoms with Gasteiger partial charge in [-0.1, -0.05) is 24.3 Å². The number of esters is 1. The standard InChI is InChI=1S/C20H18N2O4/c1-12-8-9-15(10-13(12)2)22-19(24)17(18(23)21-22)11-14-6-4-5-7-16(14)20(25)26-3/h4-11H,1-3H3,(H,21,23)/b17-11+. The fourth-order valence-corrected chi connectivity index (χ4v) is 2.68. The lowest BCUT2D eigenvalue weighted by atomic mass is 10.0. The summed E-state index contributed by atoms with van der Waals surface area (Å²) >= 11 is 0. The first kappa shape index (κ1) is 17.4. The van der Waals surface area contributed by atoms with Crippen molar-refractivity contribution in [1.82, 2.24) is 5.43 Å². The minimum Gasteiger partial charge on any atom is -0.465 e. The van der Waals surface area contributed by atoms with Crippen LogP contribution in [0, 0.1) is 13.8 Å². The van der Waals surface area contributed by atoms with Crippen LogP contribution in [0.25, 0.3) is 6.08 Å². The summed E-state index contributed by atoms with van der Waals surface area (Å²) in [6.07, 6.45) is 1.41. The fourth-order valence-electron chi connectivity index (χ4n) is 2.68. The van der Waals surface area contributed by atoms with Gasteiger partial charge in [-0.25, -0.2) is 9.80 Å². The van der Waals surface area contributed by atoms with Crippen molar-refractivity contribution in [2.24, 2.45) is 0 Å². The molecule has 1 aliphatic rings. The van der Waals surface area contributed by atoms with Gasteiger partial charge < -0.3 is 4.74 Å². The number of hydrazine groups is 1. The number of anilines is 1. The highest BCUT2D eigenvalue weighted by molar-refractivity contribution is 6.31. The van der Waals surface area contributed by atoms with E-state index in [1.54, 1.807) is 30.3 Å². The first-order valence-corrected chi connectivity index (χ1v) is 8.04. The summed E-state index contributed by atoms with van der Waals surface area (Å²) in [5, 5.41) is 1.21. The summed E-state index contributed by atoms with van der Waals surface area (Å²) in [4.78, 5) is 36.9. The monoisotopic (exact) mass is 350 g/mol. The normalized spacial score (nSPS) is 15.3. The third-order valence-corrected chi connectivity index (χ3v) is 4.31. The van der Waals surface area contributed by atoms with Gasteiger partial charge in [0.1, 0.15) is 5.57 Å². The molecule has 1 heterocycles. The molecule has 1 N–H and O–H groups in total. The zero-order valence-corrected chi connectivity index (χ0v) is 14.7. The van der Waals surface area contributed by atoms with Crippen molar-refractivity contribution in [2.75, 3.05) is 12.1 Å². The van der Waals surface area contributed by atoms with E-state index in [2.05, 4.69) is 5.43 Å². The van der Waals surface area contributed by atoms with Gasteiger partial charge in [-0.05, 0) is 54.8 Å². The molecular formula is C20H18N2O4. The summed E-state index contributed by atoms with van der Waals surface area (Å²) < 4.78 is 4.75. The van der Waals surface area contributed by atoms with Crippen molar-refractivity contribution >= 4 is 29.5 Å². The van der Waals surface area contributed by atoms with Crippen LogP contribution in [-0.2, 0) is 14.3 Å². The number of ether oxygens (including phenoxy) is 1. The number of carbonyl (C=O) groups excluding carboxylic acids is 3. The number of nitrogens with one attached hydrogen (secondary N) is 1. The minimum absolute atomic E-state index is 0.0421. The Balaban J connectivity index is 1.99. The van der Waals surface area contributed by atoms with Crippen LogP contribution >= 0.6 is 0 Å². The third kappa shape index (κ3) is 3.09. The quantitative estimate of drug-likeness (QED) is 0.524. The van der Waals surface area contributed by atoms with E-state index in [0.29, 0.717) is 11.3 Å². The average Bonchev–Trinajstić information content (AvgIpc) is 2.92. The SMILES string of the molecule is COC(=O)c1ccccc1/C=C1\C(=O)NN(c2ccc(C)c(C)c2)C1=O. The molecule has 0 radical (unpaired) electrons. The zero-order valence-electron chi connectivity index (χ0n) is 14.7. The molecule has 6 heteroatoms. The van der Waals surface area contributed by atoms with E-state index in [1.807, 2.05) is 26.0 Å². The van der Waals surface area contributed by atoms with Gasteiger partial charge in [0.15, 0.2) is 0 Å². The van der Waals surface area contributed by atoms with E-state index < -0.39 is 17.8 Å². The number of benzene rings is 2. The van der Waals surface area contributed by atoms with Crippen LogP contribution in [0.15, 0.2) is 48.0 Å². The Kier molecular flexibility index (Phi) is 4.58. The Labute approximate surface area is 151 Å². The molecule has 0 aromatic heterocycles. The maximum atomic E-state index is 12.7. The number of hydrogen-bond donors (Lipinski definition) is 1. The molecule has 2 aromatic carbocycles. The van der Waals surface area contributed by atoms with Crippen molar-refractivity contribution in [3.8, 4) is 0 Å². The molecular weight excluding hydrogens is 332 g/mol. The van der Waals surface area contributed by atoms with Crippen LogP contribution in [0.1, 0.15) is 27.0 Å². The zero-order chi connectivity index (χ0) is 18.8. The van der Waals surface area contributed by atoms with E-state index in [-0.39, 0.29) is 11.1 Å². The third-order valence-electron chi connectivity index (χ3n) is 4.31. The second-order valence-corrected chi connectivity index (χ2v) is 5.99. The molecule has 0 spiro atoms. The van der Waals surface area contributed by atoms with Gasteiger partial charge in [0.25, 0.3) is 11.8 Å². The molecule has 0 saturated carbocycles. The van der Waals surface area contributed by atoms with E-state index >= 15 is 0 Å². The summed E-state index contributed by atoms with van der Waals surface area (Å²) in [6, 6.07) is 12.1. The average molecular weight is 350 g/mol. The number of rotatable bonds is 3. The predicted octanol–water partition coefficient (Wildman–Crippen LogP) is 2.55. The molecule has 1 saturated heterocycles. The first-order valence-electron chi connectivity index (χ1n) is 8.04. The number of hydrogen-bond acceptors (Lipinski definition) is 4. The molecule has 6 nitrogen and oxygen atoms in total. The van der Waals surface area contributed by atoms with Gasteiger partial charge in [-0.15, -0.1) is 0 Å². The number of aryl methyl sites for hydroxylation is 2. The van der Waals surface area contributed by atoms with Gasteiger partial charge >= 0.3 is 5.97 Å². The van der Waals surface area contributed by atoms with Crippen LogP contribution in [0.2, 0.25) is 0 Å². The molecule has 1 aliphatic heterocycles. The number of amides is 2. The Morgan fingerprint density at radius 3 is 2.50 bits per heavy atom. The Hall–Kier alpha value is -3.41. The number of nitrogens with zero attached hydrogens (tertiary/aromatic N) is 1. The van der Waals surface area contributed by atoms with Gasteiger partial charge in [0, 0.05) is 0 Å². The molecule has 0 unspecified atom stereocenters. The number of methoxy groups -OCH3 is 1. The highest BCUT2D eigenvalue weighted by atomic mass is 16.5. The van der Waals surface area contributed by atoms with Gasteiger partial charge in [-0.2, -0.15) is 0 Å². The lowest BCUT2D eigenvalue weighted by Crippen LogP contribution is -2.35. The van der Waals surface area contributed by atoms with Gasteiger partial charge in [0.2, 0.25) is 0 Å². The van der Waals surface area contributed by atoms with Crippen molar-refractivity contribution in [3.63, 3.8) is 0 Å². The van der Waals surface area contributed by atoms with E-state index in [9.17, 15) is 14.4 Å². The minimum atomic E-state index is -0.533. The second kappa shape index (κ2) is 6.84. The summed E-state index contributed by atoms with van der Waals surface area (Å²) in [5.74, 6) is -1.53. The Morgan fingerprint density at radius 1 is 1.08 bits per heavy atom. The molecule has 132 valence electrons. The predicted molar refractivity (Wildman–Crippen MR) is 97.3 cm³/mol. The van der Waals surface area contributed by atoms with Crippen molar-refractivity contribution in [2.45, 2.75) is 13.8 Å². The van der Waals surface area contributed by atoms with E-state index in [0.717, 1.165) is 11.1 Å². The van der Waals surface area contributed by atoms with E-state index in [1.165, 1.54) is 18.2 Å². The van der Waals surface area contributed by atoms with Crippen LogP contribution in [-0.4, -0.2) is 24.9 Å². The summed E-state index contributed by atoms with van der Waals surface area (Å²) in [5.41, 5.74) is 5.93. The molecule has 2 aromatic rings. The lowest BCUT2D eigenvalue weighted by molar-refractivity contribution is -0.117. The topological polar surface area (TPSA) is 75.7 Å². The van der Waals surface area contributed by atoms with Crippen LogP contribution < -0.4 is 10.4 Å². The summed E-state index contributed by atoms with van der Waals surface area (Å²) in [7, 11) is 1.28. The maximum absolute atomic E-state index is 12.7. The molecule has 0 bridgehead atoms. The van der Waals surface area contributed by atoms with Crippen LogP contribution in [0.5, 0.6) is 0 Å². The van der Waals surface area contributed by atoms with E-state index in [4.69, 9.17) is 4.74 Å². The number of carbonyl (C=O) groups is 3. The second-order valence-electron chi connectivity index (χ2n) is 5.99. The van der Waals surface area contributed by atoms with Crippen molar-refractivity contribution in [3.05, 3.63) is 70.3 Å². The highest BCUT2D eigenvalue weighted by Crippen LogP contribution is 2.24. The largest absolute Gasteiger partial charge is 0.465 e. The molecule has 3 rings (SSSR count). The van der Waals surface area contributed by atoms with Gasteiger partial charge in [0.05, 0.1) is 18.4 Å². The first-order chi connectivity index (χ1) is 12.4. The van der Waals surface area contributed by atoms with Crippen molar-refractivity contribution in [1.29, 1.82) is 0 Å². The van der Waals surface area contributed by atoms with Crippen LogP contribution in [0.4, 0.5) is 5.69 Å². The fraction of sp³-hybridized carbons (Fsp3) is 0.150. The maximum Gasteiger partial charge on any atom is 0.338 e. The highest BCUT2D eigenvalue weighted by Gasteiger charge is 2.34. The summed E-state index contributed by atoms with van der Waals surface area (Å²) in [6.45, 7) is 3.91. The van der Waals surface area contributed by atoms with Gasteiger partial charge in [-0.3, -0.25) is 15.0 Å². The molecule has 0 aliphatic carbocycles.